The molecular formula is C20H14FN3OS. The van der Waals surface area contributed by atoms with E-state index in [0.717, 1.165) is 5.56 Å². The molecule has 1 aromatic heterocycles. The molecular weight excluding hydrogens is 349 g/mol. The number of aromatic nitrogens is 1. The van der Waals surface area contributed by atoms with Gasteiger partial charge >= 0.3 is 0 Å². The lowest BCUT2D eigenvalue weighted by molar-refractivity contribution is 0.102. The Bertz CT molecular complexity index is 950. The molecule has 26 heavy (non-hydrogen) atoms. The number of anilines is 1. The highest BCUT2D eigenvalue weighted by molar-refractivity contribution is 7.98. The number of carbonyl (C=O) groups excluding carboxylic acids is 1. The molecule has 0 aliphatic carbocycles. The third kappa shape index (κ3) is 4.68. The van der Waals surface area contributed by atoms with Gasteiger partial charge in [-0.05, 0) is 54.1 Å². The molecule has 6 heteroatoms. The van der Waals surface area contributed by atoms with Gasteiger partial charge in [-0.2, -0.15) is 5.26 Å². The molecule has 1 heterocycles. The molecule has 0 bridgehead atoms. The van der Waals surface area contributed by atoms with Gasteiger partial charge in [0.1, 0.15) is 5.82 Å². The summed E-state index contributed by atoms with van der Waals surface area (Å²) in [6.45, 7) is 0. The van der Waals surface area contributed by atoms with Crippen LogP contribution < -0.4 is 5.32 Å². The van der Waals surface area contributed by atoms with Crippen molar-refractivity contribution in [1.82, 2.24) is 4.98 Å². The van der Waals surface area contributed by atoms with Crippen molar-refractivity contribution in [3.05, 3.63) is 89.4 Å². The Labute approximate surface area is 154 Å². The van der Waals surface area contributed by atoms with Crippen LogP contribution in [0.1, 0.15) is 21.5 Å². The number of nitrogens with one attached hydrogen (secondary N) is 1. The number of pyridine rings is 1. The molecule has 3 aromatic rings. The number of nitriles is 1. The average Bonchev–Trinajstić information content (AvgIpc) is 2.68. The minimum absolute atomic E-state index is 0.249. The Morgan fingerprint density at radius 2 is 1.85 bits per heavy atom. The molecule has 0 aliphatic rings. The second kappa shape index (κ2) is 8.28. The van der Waals surface area contributed by atoms with Crippen LogP contribution in [0.15, 0.2) is 71.9 Å². The third-order valence-electron chi connectivity index (χ3n) is 3.57. The van der Waals surface area contributed by atoms with Gasteiger partial charge in [0.05, 0.1) is 16.7 Å². The Morgan fingerprint density at radius 1 is 1.12 bits per heavy atom. The number of thioether (sulfide) groups is 1. The topological polar surface area (TPSA) is 65.8 Å². The first kappa shape index (κ1) is 17.6. The zero-order valence-corrected chi connectivity index (χ0v) is 14.5. The largest absolute Gasteiger partial charge is 0.322 e. The van der Waals surface area contributed by atoms with Crippen LogP contribution in [0, 0.1) is 17.1 Å². The van der Waals surface area contributed by atoms with E-state index < -0.39 is 0 Å². The summed E-state index contributed by atoms with van der Waals surface area (Å²) in [5.41, 5.74) is 2.62. The van der Waals surface area contributed by atoms with E-state index in [0.29, 0.717) is 27.6 Å². The van der Waals surface area contributed by atoms with Crippen LogP contribution in [0.25, 0.3) is 0 Å². The fourth-order valence-electron chi connectivity index (χ4n) is 2.20. The van der Waals surface area contributed by atoms with Gasteiger partial charge in [-0.3, -0.25) is 4.79 Å². The molecule has 1 N–H and O–H groups in total. The van der Waals surface area contributed by atoms with E-state index in [1.54, 1.807) is 54.7 Å². The number of rotatable bonds is 5. The molecule has 0 atom stereocenters. The van der Waals surface area contributed by atoms with E-state index in [1.165, 1.54) is 23.9 Å². The second-order valence-electron chi connectivity index (χ2n) is 5.44. The van der Waals surface area contributed by atoms with Gasteiger partial charge in [-0.15, -0.1) is 11.8 Å². The van der Waals surface area contributed by atoms with E-state index in [4.69, 9.17) is 5.26 Å². The summed E-state index contributed by atoms with van der Waals surface area (Å²) < 4.78 is 12.9. The van der Waals surface area contributed by atoms with Crippen molar-refractivity contribution in [2.75, 3.05) is 5.32 Å². The minimum Gasteiger partial charge on any atom is -0.322 e. The number of hydrogen-bond donors (Lipinski definition) is 1. The molecule has 0 unspecified atom stereocenters. The minimum atomic E-state index is -0.265. The zero-order valence-electron chi connectivity index (χ0n) is 13.6. The van der Waals surface area contributed by atoms with Crippen LogP contribution in [0.2, 0.25) is 0 Å². The van der Waals surface area contributed by atoms with Gasteiger partial charge < -0.3 is 5.32 Å². The monoisotopic (exact) mass is 363 g/mol. The normalized spacial score (nSPS) is 10.2. The highest BCUT2D eigenvalue weighted by Gasteiger charge is 2.08. The van der Waals surface area contributed by atoms with Crippen molar-refractivity contribution in [2.45, 2.75) is 10.8 Å². The van der Waals surface area contributed by atoms with Crippen molar-refractivity contribution in [3.63, 3.8) is 0 Å². The third-order valence-corrected chi connectivity index (χ3v) is 4.57. The van der Waals surface area contributed by atoms with E-state index in [9.17, 15) is 9.18 Å². The van der Waals surface area contributed by atoms with Crippen molar-refractivity contribution >= 4 is 23.4 Å². The summed E-state index contributed by atoms with van der Waals surface area (Å²) in [4.78, 5) is 16.6. The Hall–Kier alpha value is -3.17. The van der Waals surface area contributed by atoms with Crippen molar-refractivity contribution < 1.29 is 9.18 Å². The number of amides is 1. The molecule has 4 nitrogen and oxygen atoms in total. The zero-order chi connectivity index (χ0) is 18.4. The summed E-state index contributed by atoms with van der Waals surface area (Å²) in [5, 5.41) is 12.3. The number of hydrogen-bond acceptors (Lipinski definition) is 4. The first-order valence-electron chi connectivity index (χ1n) is 7.79. The van der Waals surface area contributed by atoms with Gasteiger partial charge in [-0.25, -0.2) is 9.37 Å². The molecule has 128 valence electrons. The van der Waals surface area contributed by atoms with Crippen LogP contribution in [0.3, 0.4) is 0 Å². The summed E-state index contributed by atoms with van der Waals surface area (Å²) in [5.74, 6) is 0.118. The first-order valence-corrected chi connectivity index (χ1v) is 8.77. The van der Waals surface area contributed by atoms with Crippen LogP contribution in [0.4, 0.5) is 10.1 Å². The molecule has 0 saturated heterocycles. The first-order chi connectivity index (χ1) is 12.6. The van der Waals surface area contributed by atoms with Gasteiger partial charge in [0, 0.05) is 23.2 Å². The molecule has 0 spiro atoms. The van der Waals surface area contributed by atoms with Crippen LogP contribution in [-0.2, 0) is 5.75 Å². The molecule has 0 saturated carbocycles. The van der Waals surface area contributed by atoms with Crippen molar-refractivity contribution in [3.8, 4) is 6.07 Å². The average molecular weight is 363 g/mol. The predicted molar refractivity (Wildman–Crippen MR) is 99.3 cm³/mol. The molecule has 0 aliphatic heterocycles. The van der Waals surface area contributed by atoms with Crippen molar-refractivity contribution in [1.29, 1.82) is 5.26 Å². The highest BCUT2D eigenvalue weighted by Crippen LogP contribution is 2.22. The lowest BCUT2D eigenvalue weighted by atomic mass is 10.2. The lowest BCUT2D eigenvalue weighted by Gasteiger charge is -2.07. The maximum Gasteiger partial charge on any atom is 0.255 e. The van der Waals surface area contributed by atoms with E-state index in [2.05, 4.69) is 10.3 Å². The Balaban J connectivity index is 1.64. The van der Waals surface area contributed by atoms with Crippen LogP contribution in [0.5, 0.6) is 0 Å². The fraction of sp³-hybridized carbons (Fsp3) is 0.0500. The summed E-state index contributed by atoms with van der Waals surface area (Å²) >= 11 is 1.47. The summed E-state index contributed by atoms with van der Waals surface area (Å²) in [6, 6.07) is 18.3. The summed E-state index contributed by atoms with van der Waals surface area (Å²) in [7, 11) is 0. The molecule has 0 radical (unpaired) electrons. The predicted octanol–water partition coefficient (Wildman–Crippen LogP) is 4.64. The molecule has 1 amide bonds. The van der Waals surface area contributed by atoms with Crippen LogP contribution in [-0.4, -0.2) is 10.9 Å². The lowest BCUT2D eigenvalue weighted by Crippen LogP contribution is -2.12. The second-order valence-corrected chi connectivity index (χ2v) is 6.44. The van der Waals surface area contributed by atoms with Gasteiger partial charge in [0.15, 0.2) is 0 Å². The summed E-state index contributed by atoms with van der Waals surface area (Å²) in [6.07, 6.45) is 1.58. The van der Waals surface area contributed by atoms with Gasteiger partial charge in [0.25, 0.3) is 5.91 Å². The van der Waals surface area contributed by atoms with Gasteiger partial charge in [0.2, 0.25) is 0 Å². The standard InChI is InChI=1S/C20H14FN3OS/c21-17-5-1-15(2-6-17)13-26-19-11-16(9-10-23-19)20(25)24-18-7-3-14(12-22)4-8-18/h1-11H,13H2,(H,24,25). The maximum atomic E-state index is 12.9. The highest BCUT2D eigenvalue weighted by atomic mass is 32.2. The molecule has 2 aromatic carbocycles. The van der Waals surface area contributed by atoms with Gasteiger partial charge in [-0.1, -0.05) is 12.1 Å². The Morgan fingerprint density at radius 3 is 2.54 bits per heavy atom. The van der Waals surface area contributed by atoms with Crippen LogP contribution >= 0.6 is 11.8 Å². The molecule has 3 rings (SSSR count). The number of halogens is 1. The SMILES string of the molecule is N#Cc1ccc(NC(=O)c2ccnc(SCc3ccc(F)cc3)c2)cc1. The van der Waals surface area contributed by atoms with E-state index >= 15 is 0 Å². The fourth-order valence-corrected chi connectivity index (χ4v) is 3.05. The van der Waals surface area contributed by atoms with E-state index in [1.807, 2.05) is 6.07 Å². The number of nitrogens with zero attached hydrogens (tertiary/aromatic N) is 2. The Kier molecular flexibility index (Phi) is 5.62. The maximum absolute atomic E-state index is 12.9. The smallest absolute Gasteiger partial charge is 0.255 e. The van der Waals surface area contributed by atoms with Crippen molar-refractivity contribution in [2.24, 2.45) is 0 Å². The van der Waals surface area contributed by atoms with E-state index in [-0.39, 0.29) is 11.7 Å². The number of benzene rings is 2. The molecule has 0 fully saturated rings. The quantitative estimate of drug-likeness (QED) is 0.671. The number of carbonyl (C=O) groups is 1.